The second-order valence-corrected chi connectivity index (χ2v) is 5.85. The van der Waals surface area contributed by atoms with Crippen molar-refractivity contribution < 1.29 is 18.3 Å². The molecular formula is C12H10N4O4S. The highest BCUT2D eigenvalue weighted by Crippen LogP contribution is 2.18. The molecule has 3 N–H and O–H groups in total. The molecule has 0 aliphatic rings. The minimum absolute atomic E-state index is 0.0427. The van der Waals surface area contributed by atoms with Gasteiger partial charge in [0.2, 0.25) is 0 Å². The van der Waals surface area contributed by atoms with Crippen LogP contribution in [0.2, 0.25) is 0 Å². The Kier molecular flexibility index (Phi) is 3.64. The first kappa shape index (κ1) is 14.5. The van der Waals surface area contributed by atoms with Crippen LogP contribution in [0.1, 0.15) is 21.6 Å². The average Bonchev–Trinajstić information content (AvgIpc) is 2.86. The van der Waals surface area contributed by atoms with E-state index in [2.05, 4.69) is 14.9 Å². The number of aromatic nitrogens is 2. The van der Waals surface area contributed by atoms with E-state index in [4.69, 9.17) is 10.4 Å². The lowest BCUT2D eigenvalue weighted by molar-refractivity contribution is 0.0690. The molecule has 0 unspecified atom stereocenters. The van der Waals surface area contributed by atoms with E-state index >= 15 is 0 Å². The van der Waals surface area contributed by atoms with Crippen LogP contribution >= 0.6 is 0 Å². The van der Waals surface area contributed by atoms with Crippen molar-refractivity contribution in [3.63, 3.8) is 0 Å². The number of carboxylic acids is 1. The first-order chi connectivity index (χ1) is 9.83. The number of aromatic amines is 1. The van der Waals surface area contributed by atoms with Crippen LogP contribution in [0.25, 0.3) is 0 Å². The summed E-state index contributed by atoms with van der Waals surface area (Å²) in [6.07, 6.45) is 0. The number of anilines is 1. The molecule has 8 nitrogen and oxygen atoms in total. The lowest BCUT2D eigenvalue weighted by atomic mass is 10.1. The number of aryl methyl sites for hydroxylation is 1. The van der Waals surface area contributed by atoms with Gasteiger partial charge in [0.1, 0.15) is 5.69 Å². The highest BCUT2D eigenvalue weighted by Gasteiger charge is 2.18. The fraction of sp³-hybridized carbons (Fsp3) is 0.0833. The second kappa shape index (κ2) is 5.26. The zero-order valence-electron chi connectivity index (χ0n) is 10.8. The van der Waals surface area contributed by atoms with E-state index in [0.717, 1.165) is 6.07 Å². The maximum absolute atomic E-state index is 12.1. The summed E-state index contributed by atoms with van der Waals surface area (Å²) in [5, 5.41) is 23.3. The first-order valence-electron chi connectivity index (χ1n) is 5.66. The van der Waals surface area contributed by atoms with Crippen molar-refractivity contribution in [3.8, 4) is 6.07 Å². The molecule has 0 atom stereocenters. The van der Waals surface area contributed by atoms with Crippen molar-refractivity contribution in [1.82, 2.24) is 10.2 Å². The Morgan fingerprint density at radius 2 is 2.14 bits per heavy atom. The Hall–Kier alpha value is -2.86. The van der Waals surface area contributed by atoms with E-state index in [9.17, 15) is 13.2 Å². The molecule has 0 saturated heterocycles. The number of hydrogen-bond donors (Lipinski definition) is 3. The highest BCUT2D eigenvalue weighted by molar-refractivity contribution is 7.92. The number of benzene rings is 1. The number of hydrogen-bond acceptors (Lipinski definition) is 5. The maximum atomic E-state index is 12.1. The van der Waals surface area contributed by atoms with Gasteiger partial charge < -0.3 is 5.11 Å². The predicted octanol–water partition coefficient (Wildman–Crippen LogP) is 1.09. The summed E-state index contributed by atoms with van der Waals surface area (Å²) in [6, 6.07) is 7.05. The van der Waals surface area contributed by atoms with Gasteiger partial charge in [-0.3, -0.25) is 9.82 Å². The Morgan fingerprint density at radius 1 is 1.43 bits per heavy atom. The molecule has 2 rings (SSSR count). The third kappa shape index (κ3) is 3.01. The molecule has 0 fully saturated rings. The van der Waals surface area contributed by atoms with Crippen molar-refractivity contribution in [2.24, 2.45) is 0 Å². The molecular weight excluding hydrogens is 296 g/mol. The number of sulfonamides is 1. The summed E-state index contributed by atoms with van der Waals surface area (Å²) in [7, 11) is -3.91. The zero-order valence-corrected chi connectivity index (χ0v) is 11.6. The standard InChI is InChI=1S/C12H10N4O4S/c1-7-4-9(3-2-8(7)6-13)21(19,20)16-11-5-10(12(17)18)14-15-11/h2-5H,1H3,(H,17,18)(H2,14,15,16). The van der Waals surface area contributed by atoms with E-state index in [-0.39, 0.29) is 16.4 Å². The van der Waals surface area contributed by atoms with Crippen LogP contribution in [0.15, 0.2) is 29.2 Å². The lowest BCUT2D eigenvalue weighted by Crippen LogP contribution is -2.13. The van der Waals surface area contributed by atoms with Crippen molar-refractivity contribution in [3.05, 3.63) is 41.1 Å². The minimum atomic E-state index is -3.91. The van der Waals surface area contributed by atoms with Gasteiger partial charge >= 0.3 is 5.97 Å². The predicted molar refractivity (Wildman–Crippen MR) is 72.2 cm³/mol. The first-order valence-corrected chi connectivity index (χ1v) is 7.14. The second-order valence-electron chi connectivity index (χ2n) is 4.17. The topological polar surface area (TPSA) is 136 Å². The van der Waals surface area contributed by atoms with Crippen LogP contribution in [0.4, 0.5) is 5.82 Å². The van der Waals surface area contributed by atoms with E-state index in [1.165, 1.54) is 18.2 Å². The fourth-order valence-corrected chi connectivity index (χ4v) is 2.69. The number of nitriles is 1. The number of aromatic carboxylic acids is 1. The monoisotopic (exact) mass is 306 g/mol. The average molecular weight is 306 g/mol. The summed E-state index contributed by atoms with van der Waals surface area (Å²) < 4.78 is 26.4. The van der Waals surface area contributed by atoms with E-state index < -0.39 is 16.0 Å². The van der Waals surface area contributed by atoms with Gasteiger partial charge in [-0.05, 0) is 30.7 Å². The van der Waals surface area contributed by atoms with Gasteiger partial charge in [-0.2, -0.15) is 10.4 Å². The van der Waals surface area contributed by atoms with E-state index in [1.807, 2.05) is 6.07 Å². The molecule has 1 aromatic heterocycles. The summed E-state index contributed by atoms with van der Waals surface area (Å²) in [4.78, 5) is 10.6. The smallest absolute Gasteiger partial charge is 0.353 e. The molecule has 0 aliphatic carbocycles. The molecule has 0 bridgehead atoms. The molecule has 0 spiro atoms. The lowest BCUT2D eigenvalue weighted by Gasteiger charge is -2.06. The van der Waals surface area contributed by atoms with Crippen LogP contribution in [0, 0.1) is 18.3 Å². The van der Waals surface area contributed by atoms with Gasteiger partial charge in [-0.25, -0.2) is 13.2 Å². The molecule has 2 aromatic rings. The van der Waals surface area contributed by atoms with E-state index in [1.54, 1.807) is 6.92 Å². The number of carbonyl (C=O) groups is 1. The van der Waals surface area contributed by atoms with Gasteiger partial charge in [0.15, 0.2) is 5.82 Å². The summed E-state index contributed by atoms with van der Waals surface area (Å²) in [5.74, 6) is -1.38. The van der Waals surface area contributed by atoms with Gasteiger partial charge in [0.25, 0.3) is 10.0 Å². The molecule has 1 heterocycles. The fourth-order valence-electron chi connectivity index (χ4n) is 1.61. The highest BCUT2D eigenvalue weighted by atomic mass is 32.2. The van der Waals surface area contributed by atoms with Gasteiger partial charge in [0, 0.05) is 6.07 Å². The van der Waals surface area contributed by atoms with Crippen molar-refractivity contribution in [2.45, 2.75) is 11.8 Å². The Balaban J connectivity index is 2.31. The molecule has 0 radical (unpaired) electrons. The Labute approximate surface area is 120 Å². The van der Waals surface area contributed by atoms with Crippen LogP contribution in [-0.4, -0.2) is 29.7 Å². The van der Waals surface area contributed by atoms with Gasteiger partial charge in [-0.1, -0.05) is 0 Å². The van der Waals surface area contributed by atoms with Gasteiger partial charge in [0.05, 0.1) is 16.5 Å². The molecule has 0 amide bonds. The third-order valence-corrected chi connectivity index (χ3v) is 4.03. The summed E-state index contributed by atoms with van der Waals surface area (Å²) in [6.45, 7) is 1.62. The third-order valence-electron chi connectivity index (χ3n) is 2.68. The van der Waals surface area contributed by atoms with Crippen LogP contribution in [0.5, 0.6) is 0 Å². The van der Waals surface area contributed by atoms with Crippen LogP contribution in [-0.2, 0) is 10.0 Å². The Morgan fingerprint density at radius 3 is 2.67 bits per heavy atom. The maximum Gasteiger partial charge on any atom is 0.353 e. The molecule has 21 heavy (non-hydrogen) atoms. The molecule has 9 heteroatoms. The number of nitrogens with zero attached hydrogens (tertiary/aromatic N) is 2. The van der Waals surface area contributed by atoms with Crippen molar-refractivity contribution >= 4 is 21.8 Å². The minimum Gasteiger partial charge on any atom is -0.477 e. The number of carboxylic acid groups (broad SMARTS) is 1. The van der Waals surface area contributed by atoms with Crippen LogP contribution in [0.3, 0.4) is 0 Å². The van der Waals surface area contributed by atoms with Crippen molar-refractivity contribution in [2.75, 3.05) is 4.72 Å². The van der Waals surface area contributed by atoms with Crippen LogP contribution < -0.4 is 4.72 Å². The number of rotatable bonds is 4. The summed E-state index contributed by atoms with van der Waals surface area (Å²) in [5.41, 5.74) is 0.666. The molecule has 0 saturated carbocycles. The Bertz CT molecular complexity index is 848. The molecule has 108 valence electrons. The summed E-state index contributed by atoms with van der Waals surface area (Å²) >= 11 is 0. The van der Waals surface area contributed by atoms with Gasteiger partial charge in [-0.15, -0.1) is 0 Å². The largest absolute Gasteiger partial charge is 0.477 e. The molecule has 1 aromatic carbocycles. The number of nitrogens with one attached hydrogen (secondary N) is 2. The van der Waals surface area contributed by atoms with E-state index in [0.29, 0.717) is 11.1 Å². The SMILES string of the molecule is Cc1cc(S(=O)(=O)Nc2cc(C(=O)O)[nH]n2)ccc1C#N. The normalized spacial score (nSPS) is 10.9. The van der Waals surface area contributed by atoms with Crippen molar-refractivity contribution in [1.29, 1.82) is 5.26 Å². The number of H-pyrrole nitrogens is 1. The quantitative estimate of drug-likeness (QED) is 0.773. The molecule has 0 aliphatic heterocycles. The zero-order chi connectivity index (χ0) is 15.6.